The molecule has 1 N–H and O–H groups in total. The number of carbonyl (C=O) groups is 1. The summed E-state index contributed by atoms with van der Waals surface area (Å²) in [5, 5.41) is 7.72. The van der Waals surface area contributed by atoms with E-state index in [0.717, 1.165) is 0 Å². The standard InChI is InChI=1S/C2H3O2.Co/c3-1-2-4;/h3H,1H2;. The van der Waals surface area contributed by atoms with Crippen molar-refractivity contribution >= 4 is 4.72 Å². The van der Waals surface area contributed by atoms with Gasteiger partial charge in [0, 0.05) is 0 Å². The van der Waals surface area contributed by atoms with E-state index in [4.69, 9.17) is 5.11 Å². The van der Waals surface area contributed by atoms with Crippen LogP contribution in [-0.2, 0) is 20.5 Å². The van der Waals surface area contributed by atoms with E-state index in [9.17, 15) is 4.79 Å². The molecule has 32 valence electrons. The predicted molar refractivity (Wildman–Crippen MR) is 12.1 cm³/mol. The van der Waals surface area contributed by atoms with Gasteiger partial charge in [-0.05, 0) is 0 Å². The summed E-state index contributed by atoms with van der Waals surface area (Å²) < 4.78 is -0.502. The molecule has 0 saturated heterocycles. The van der Waals surface area contributed by atoms with Crippen LogP contribution in [0.2, 0.25) is 0 Å². The SMILES string of the molecule is O=[C]([Co])CO. The molecular weight excluding hydrogens is 115 g/mol. The van der Waals surface area contributed by atoms with E-state index in [1.54, 1.807) is 0 Å². The molecule has 0 aromatic carbocycles. The zero-order chi connectivity index (χ0) is 4.28. The van der Waals surface area contributed by atoms with Crippen molar-refractivity contribution in [3.63, 3.8) is 0 Å². The summed E-state index contributed by atoms with van der Waals surface area (Å²) >= 11 is 3.25. The van der Waals surface area contributed by atoms with E-state index in [0.29, 0.717) is 0 Å². The number of carbonyl (C=O) groups excluding carboxylic acids is 1. The van der Waals surface area contributed by atoms with Gasteiger partial charge in [0.25, 0.3) is 0 Å². The Morgan fingerprint density at radius 2 is 2.20 bits per heavy atom. The van der Waals surface area contributed by atoms with Gasteiger partial charge in [0.15, 0.2) is 0 Å². The minimum absolute atomic E-state index is 0.472. The fraction of sp³-hybridized carbons (Fsp3) is 0.500. The molecule has 5 heavy (non-hydrogen) atoms. The molecular formula is C2H3CoO2. The quantitative estimate of drug-likeness (QED) is 0.482. The van der Waals surface area contributed by atoms with Crippen LogP contribution in [0.5, 0.6) is 0 Å². The Labute approximate surface area is 37.8 Å². The Kier molecular flexibility index (Phi) is 2.44. The second-order valence-corrected chi connectivity index (χ2v) is 1.07. The van der Waals surface area contributed by atoms with Crippen LogP contribution in [0.25, 0.3) is 0 Å². The van der Waals surface area contributed by atoms with E-state index in [2.05, 4.69) is 15.7 Å². The van der Waals surface area contributed by atoms with Crippen molar-refractivity contribution < 1.29 is 25.6 Å². The number of rotatable bonds is 1. The van der Waals surface area contributed by atoms with Crippen LogP contribution in [0.4, 0.5) is 0 Å². The fourth-order valence-electron chi connectivity index (χ4n) is 0. The first-order valence-corrected chi connectivity index (χ1v) is 1.56. The molecule has 0 aliphatic carbocycles. The van der Waals surface area contributed by atoms with Gasteiger partial charge in [0.1, 0.15) is 0 Å². The van der Waals surface area contributed by atoms with Crippen molar-refractivity contribution in [2.45, 2.75) is 0 Å². The number of hydrogen-bond acceptors (Lipinski definition) is 2. The van der Waals surface area contributed by atoms with Gasteiger partial charge in [-0.15, -0.1) is 0 Å². The molecule has 0 aromatic rings. The molecule has 0 aliphatic rings. The second-order valence-electron chi connectivity index (χ2n) is 0.488. The van der Waals surface area contributed by atoms with Gasteiger partial charge in [-0.1, -0.05) is 0 Å². The number of hydrogen-bond donors (Lipinski definition) is 1. The van der Waals surface area contributed by atoms with Gasteiger partial charge in [0.05, 0.1) is 0 Å². The summed E-state index contributed by atoms with van der Waals surface area (Å²) in [4.78, 5) is 9.42. The molecule has 0 bridgehead atoms. The monoisotopic (exact) mass is 118 g/mol. The van der Waals surface area contributed by atoms with Crippen LogP contribution in [-0.4, -0.2) is 16.4 Å². The van der Waals surface area contributed by atoms with Crippen molar-refractivity contribution in [1.82, 2.24) is 0 Å². The summed E-state index contributed by atoms with van der Waals surface area (Å²) in [5.74, 6) is 0. The van der Waals surface area contributed by atoms with Gasteiger partial charge in [-0.25, -0.2) is 0 Å². The topological polar surface area (TPSA) is 37.3 Å². The molecule has 0 amide bonds. The van der Waals surface area contributed by atoms with Gasteiger partial charge in [-0.3, -0.25) is 0 Å². The third-order valence-electron chi connectivity index (χ3n) is 0.117. The summed E-state index contributed by atoms with van der Waals surface area (Å²) in [6.07, 6.45) is 0. The Balaban J connectivity index is 2.85. The Bertz CT molecular complexity index is 42.9. The number of aliphatic hydroxyl groups is 1. The fourth-order valence-corrected chi connectivity index (χ4v) is 0. The van der Waals surface area contributed by atoms with Crippen molar-refractivity contribution in [2.75, 3.05) is 6.61 Å². The Morgan fingerprint density at radius 3 is 2.20 bits per heavy atom. The molecule has 0 spiro atoms. The first kappa shape index (κ1) is 5.14. The van der Waals surface area contributed by atoms with Crippen molar-refractivity contribution in [3.8, 4) is 0 Å². The van der Waals surface area contributed by atoms with E-state index < -0.39 is 11.3 Å². The zero-order valence-electron chi connectivity index (χ0n) is 2.40. The average molecular weight is 118 g/mol. The summed E-state index contributed by atoms with van der Waals surface area (Å²) in [5.41, 5.74) is 0. The van der Waals surface area contributed by atoms with Crippen LogP contribution in [0.15, 0.2) is 0 Å². The molecule has 2 nitrogen and oxygen atoms in total. The summed E-state index contributed by atoms with van der Waals surface area (Å²) in [7, 11) is 0. The molecule has 0 aliphatic heterocycles. The van der Waals surface area contributed by atoms with Gasteiger partial charge >= 0.3 is 37.0 Å². The van der Waals surface area contributed by atoms with Crippen LogP contribution in [0.3, 0.4) is 0 Å². The molecule has 0 rings (SSSR count). The van der Waals surface area contributed by atoms with E-state index in [1.165, 1.54) is 0 Å². The number of aliphatic hydroxyl groups excluding tert-OH is 1. The Hall–Kier alpha value is 0.136. The van der Waals surface area contributed by atoms with Crippen LogP contribution >= 0.6 is 0 Å². The maximum absolute atomic E-state index is 9.42. The third kappa shape index (κ3) is 4.14. The molecule has 0 saturated carbocycles. The van der Waals surface area contributed by atoms with Crippen molar-refractivity contribution in [1.29, 1.82) is 0 Å². The first-order chi connectivity index (χ1) is 2.27. The predicted octanol–water partition coefficient (Wildman–Crippen LogP) is -0.948. The van der Waals surface area contributed by atoms with Gasteiger partial charge in [-0.2, -0.15) is 0 Å². The van der Waals surface area contributed by atoms with Crippen LogP contribution in [0, 0.1) is 0 Å². The van der Waals surface area contributed by atoms with Crippen LogP contribution < -0.4 is 0 Å². The first-order valence-electron chi connectivity index (χ1n) is 1.04. The summed E-state index contributed by atoms with van der Waals surface area (Å²) in [6, 6.07) is 0. The van der Waals surface area contributed by atoms with E-state index in [1.807, 2.05) is 0 Å². The zero-order valence-corrected chi connectivity index (χ0v) is 3.44. The summed E-state index contributed by atoms with van der Waals surface area (Å²) in [6.45, 7) is -0.472. The minimum atomic E-state index is -0.502. The van der Waals surface area contributed by atoms with Gasteiger partial charge < -0.3 is 0 Å². The van der Waals surface area contributed by atoms with E-state index in [-0.39, 0.29) is 0 Å². The second kappa shape index (κ2) is 2.38. The molecule has 0 fully saturated rings. The molecule has 0 aromatic heterocycles. The molecule has 0 unspecified atom stereocenters. The van der Waals surface area contributed by atoms with Crippen molar-refractivity contribution in [3.05, 3.63) is 0 Å². The van der Waals surface area contributed by atoms with Crippen molar-refractivity contribution in [2.24, 2.45) is 0 Å². The third-order valence-corrected chi connectivity index (χ3v) is 0.282. The maximum atomic E-state index is 9.42. The van der Waals surface area contributed by atoms with Gasteiger partial charge in [0.2, 0.25) is 0 Å². The molecule has 0 radical (unpaired) electrons. The molecule has 0 heterocycles. The average Bonchev–Trinajstić information content (AvgIpc) is 1.38. The van der Waals surface area contributed by atoms with Crippen LogP contribution in [0.1, 0.15) is 0 Å². The van der Waals surface area contributed by atoms with E-state index >= 15 is 0 Å². The molecule has 3 heteroatoms. The normalized spacial score (nSPS) is 7.80. The Morgan fingerprint density at radius 1 is 2.00 bits per heavy atom. The molecule has 0 atom stereocenters.